The highest BCUT2D eigenvalue weighted by Crippen LogP contribution is 2.17. The molecule has 116 valence electrons. The van der Waals surface area contributed by atoms with Gasteiger partial charge in [0.2, 0.25) is 5.91 Å². The van der Waals surface area contributed by atoms with Gasteiger partial charge in [-0.2, -0.15) is 5.26 Å². The number of amides is 3. The van der Waals surface area contributed by atoms with Gasteiger partial charge in [-0.25, -0.2) is 4.79 Å². The number of benzene rings is 1. The molecule has 0 atom stereocenters. The van der Waals surface area contributed by atoms with Gasteiger partial charge in [0.05, 0.1) is 11.6 Å². The predicted molar refractivity (Wildman–Crippen MR) is 83.2 cm³/mol. The molecule has 22 heavy (non-hydrogen) atoms. The second-order valence-electron chi connectivity index (χ2n) is 5.47. The summed E-state index contributed by atoms with van der Waals surface area (Å²) in [6, 6.07) is 8.87. The third-order valence-electron chi connectivity index (χ3n) is 4.06. The smallest absolute Gasteiger partial charge is 0.321 e. The van der Waals surface area contributed by atoms with Crippen LogP contribution < -0.4 is 5.32 Å². The van der Waals surface area contributed by atoms with Crippen molar-refractivity contribution >= 4 is 17.6 Å². The van der Waals surface area contributed by atoms with Crippen molar-refractivity contribution in [2.75, 3.05) is 25.5 Å². The van der Waals surface area contributed by atoms with Crippen molar-refractivity contribution in [2.24, 2.45) is 0 Å². The van der Waals surface area contributed by atoms with E-state index in [1.54, 1.807) is 48.0 Å². The first kappa shape index (κ1) is 15.8. The zero-order valence-electron chi connectivity index (χ0n) is 12.9. The molecule has 0 aromatic heterocycles. The van der Waals surface area contributed by atoms with E-state index in [1.807, 2.05) is 6.07 Å². The van der Waals surface area contributed by atoms with E-state index in [0.29, 0.717) is 24.3 Å². The van der Waals surface area contributed by atoms with Crippen LogP contribution >= 0.6 is 0 Å². The molecule has 1 aliphatic rings. The molecule has 3 amide bonds. The third kappa shape index (κ3) is 3.76. The van der Waals surface area contributed by atoms with Crippen molar-refractivity contribution in [3.05, 3.63) is 29.8 Å². The van der Waals surface area contributed by atoms with Crippen molar-refractivity contribution in [1.82, 2.24) is 9.80 Å². The van der Waals surface area contributed by atoms with Gasteiger partial charge in [-0.15, -0.1) is 0 Å². The molecule has 0 spiro atoms. The lowest BCUT2D eigenvalue weighted by Gasteiger charge is -2.36. The van der Waals surface area contributed by atoms with Gasteiger partial charge < -0.3 is 15.1 Å². The number of nitriles is 1. The Morgan fingerprint density at radius 3 is 2.36 bits per heavy atom. The molecule has 2 rings (SSSR count). The summed E-state index contributed by atoms with van der Waals surface area (Å²) in [5, 5.41) is 11.6. The highest BCUT2D eigenvalue weighted by atomic mass is 16.2. The number of piperidine rings is 1. The molecule has 1 aromatic rings. The van der Waals surface area contributed by atoms with Gasteiger partial charge >= 0.3 is 6.03 Å². The summed E-state index contributed by atoms with van der Waals surface area (Å²) in [6.45, 7) is 2.82. The zero-order chi connectivity index (χ0) is 16.1. The molecule has 6 heteroatoms. The van der Waals surface area contributed by atoms with Crippen LogP contribution in [0.1, 0.15) is 25.3 Å². The summed E-state index contributed by atoms with van der Waals surface area (Å²) in [7, 11) is 1.81. The van der Waals surface area contributed by atoms with E-state index in [2.05, 4.69) is 5.32 Å². The quantitative estimate of drug-likeness (QED) is 0.908. The summed E-state index contributed by atoms with van der Waals surface area (Å²) < 4.78 is 0. The lowest BCUT2D eigenvalue weighted by Crippen LogP contribution is -2.47. The van der Waals surface area contributed by atoms with Gasteiger partial charge in [-0.3, -0.25) is 4.79 Å². The minimum Gasteiger partial charge on any atom is -0.343 e. The largest absolute Gasteiger partial charge is 0.343 e. The molecule has 1 heterocycles. The summed E-state index contributed by atoms with van der Waals surface area (Å²) in [4.78, 5) is 27.1. The number of nitrogens with zero attached hydrogens (tertiary/aromatic N) is 3. The van der Waals surface area contributed by atoms with Gasteiger partial charge in [0.25, 0.3) is 0 Å². The van der Waals surface area contributed by atoms with E-state index in [1.165, 1.54) is 0 Å². The first-order valence-electron chi connectivity index (χ1n) is 7.30. The summed E-state index contributed by atoms with van der Waals surface area (Å²) >= 11 is 0. The fraction of sp³-hybridized carbons (Fsp3) is 0.438. The monoisotopic (exact) mass is 300 g/mol. The standard InChI is InChI=1S/C16H20N4O2/c1-12(21)19(2)15-7-9-20(10-8-15)16(22)18-14-5-3-13(11-17)4-6-14/h3-6,15H,7-10H2,1-2H3,(H,18,22). The maximum atomic E-state index is 12.2. The van der Waals surface area contributed by atoms with E-state index < -0.39 is 0 Å². The summed E-state index contributed by atoms with van der Waals surface area (Å²) in [6.07, 6.45) is 1.58. The number of hydrogen-bond donors (Lipinski definition) is 1. The predicted octanol–water partition coefficient (Wildman–Crippen LogP) is 2.03. The molecule has 1 N–H and O–H groups in total. The Bertz CT molecular complexity index is 583. The highest BCUT2D eigenvalue weighted by Gasteiger charge is 2.26. The Kier molecular flexibility index (Phi) is 4.99. The van der Waals surface area contributed by atoms with Gasteiger partial charge in [-0.1, -0.05) is 0 Å². The van der Waals surface area contributed by atoms with Gasteiger partial charge in [0, 0.05) is 38.8 Å². The fourth-order valence-corrected chi connectivity index (χ4v) is 2.54. The van der Waals surface area contributed by atoms with Crippen molar-refractivity contribution in [1.29, 1.82) is 5.26 Å². The minimum absolute atomic E-state index is 0.0560. The Morgan fingerprint density at radius 1 is 1.27 bits per heavy atom. The molecule has 1 aliphatic heterocycles. The second-order valence-corrected chi connectivity index (χ2v) is 5.47. The number of likely N-dealkylation sites (tertiary alicyclic amines) is 1. The molecule has 0 unspecified atom stereocenters. The molecule has 0 radical (unpaired) electrons. The molecule has 1 saturated heterocycles. The molecule has 0 aliphatic carbocycles. The number of carbonyl (C=O) groups is 2. The summed E-state index contributed by atoms with van der Waals surface area (Å²) in [5.74, 6) is 0.0560. The minimum atomic E-state index is -0.145. The molecule has 1 fully saturated rings. The Morgan fingerprint density at radius 2 is 1.86 bits per heavy atom. The molecule has 1 aromatic carbocycles. The SMILES string of the molecule is CC(=O)N(C)C1CCN(C(=O)Nc2ccc(C#N)cc2)CC1. The Balaban J connectivity index is 1.87. The molecule has 0 bridgehead atoms. The van der Waals surface area contributed by atoms with Gasteiger partial charge in [0.1, 0.15) is 0 Å². The molecule has 0 saturated carbocycles. The number of nitrogens with one attached hydrogen (secondary N) is 1. The van der Waals surface area contributed by atoms with Crippen LogP contribution in [0, 0.1) is 11.3 Å². The topological polar surface area (TPSA) is 76.4 Å². The lowest BCUT2D eigenvalue weighted by atomic mass is 10.0. The number of urea groups is 1. The first-order chi connectivity index (χ1) is 10.5. The number of rotatable bonds is 2. The molecular formula is C16H20N4O2. The van der Waals surface area contributed by atoms with Crippen LogP contribution in [0.25, 0.3) is 0 Å². The van der Waals surface area contributed by atoms with Crippen LogP contribution in [-0.2, 0) is 4.79 Å². The number of hydrogen-bond acceptors (Lipinski definition) is 3. The third-order valence-corrected chi connectivity index (χ3v) is 4.06. The Hall–Kier alpha value is -2.55. The highest BCUT2D eigenvalue weighted by molar-refractivity contribution is 5.89. The maximum Gasteiger partial charge on any atom is 0.321 e. The van der Waals surface area contributed by atoms with Crippen molar-refractivity contribution < 1.29 is 9.59 Å². The first-order valence-corrected chi connectivity index (χ1v) is 7.30. The van der Waals surface area contributed by atoms with E-state index in [9.17, 15) is 9.59 Å². The fourth-order valence-electron chi connectivity index (χ4n) is 2.54. The van der Waals surface area contributed by atoms with Gasteiger partial charge in [0.15, 0.2) is 0 Å². The average molecular weight is 300 g/mol. The van der Waals surface area contributed by atoms with E-state index >= 15 is 0 Å². The van der Waals surface area contributed by atoms with Crippen molar-refractivity contribution in [3.8, 4) is 6.07 Å². The van der Waals surface area contributed by atoms with Crippen molar-refractivity contribution in [3.63, 3.8) is 0 Å². The van der Waals surface area contributed by atoms with Crippen molar-refractivity contribution in [2.45, 2.75) is 25.8 Å². The summed E-state index contributed by atoms with van der Waals surface area (Å²) in [5.41, 5.74) is 1.23. The zero-order valence-corrected chi connectivity index (χ0v) is 12.9. The van der Waals surface area contributed by atoms with Crippen LogP contribution in [0.4, 0.5) is 10.5 Å². The number of carbonyl (C=O) groups excluding carboxylic acids is 2. The van der Waals surface area contributed by atoms with Crippen LogP contribution in [-0.4, -0.2) is 47.9 Å². The van der Waals surface area contributed by atoms with Gasteiger partial charge in [-0.05, 0) is 37.1 Å². The Labute approximate surface area is 130 Å². The van der Waals surface area contributed by atoms with Crippen LogP contribution in [0.15, 0.2) is 24.3 Å². The average Bonchev–Trinajstić information content (AvgIpc) is 2.55. The lowest BCUT2D eigenvalue weighted by molar-refractivity contribution is -0.130. The van der Waals surface area contributed by atoms with Crippen LogP contribution in [0.2, 0.25) is 0 Å². The van der Waals surface area contributed by atoms with E-state index in [-0.39, 0.29) is 18.0 Å². The molecule has 6 nitrogen and oxygen atoms in total. The molecular weight excluding hydrogens is 280 g/mol. The second kappa shape index (κ2) is 6.94. The van der Waals surface area contributed by atoms with Crippen LogP contribution in [0.3, 0.4) is 0 Å². The van der Waals surface area contributed by atoms with E-state index in [0.717, 1.165) is 12.8 Å². The van der Waals surface area contributed by atoms with E-state index in [4.69, 9.17) is 5.26 Å². The van der Waals surface area contributed by atoms with Crippen LogP contribution in [0.5, 0.6) is 0 Å². The number of anilines is 1. The normalized spacial score (nSPS) is 15.0. The maximum absolute atomic E-state index is 12.2.